The van der Waals surface area contributed by atoms with Crippen LogP contribution in [0.2, 0.25) is 0 Å². The molecule has 0 saturated heterocycles. The minimum atomic E-state index is -0.298. The van der Waals surface area contributed by atoms with Gasteiger partial charge in [0, 0.05) is 23.9 Å². The summed E-state index contributed by atoms with van der Waals surface area (Å²) in [6.45, 7) is 6.18. The standard InChI is InChI=1S/C16H22N4O2/c1-9-7-10(2)20-15(18-9)14(11(3)19-20)16(22)17-8-12-5-4-6-13(12)21/h7,12-13,21H,4-6,8H2,1-3H3,(H,17,22). The number of fused-ring (bicyclic) bond motifs is 1. The van der Waals surface area contributed by atoms with E-state index in [1.807, 2.05) is 26.8 Å². The van der Waals surface area contributed by atoms with Crippen LogP contribution < -0.4 is 5.32 Å². The topological polar surface area (TPSA) is 79.5 Å². The van der Waals surface area contributed by atoms with Gasteiger partial charge >= 0.3 is 0 Å². The zero-order chi connectivity index (χ0) is 15.9. The van der Waals surface area contributed by atoms with Crippen LogP contribution in [-0.4, -0.2) is 38.3 Å². The molecule has 2 aromatic rings. The van der Waals surface area contributed by atoms with Gasteiger partial charge in [0.15, 0.2) is 5.65 Å². The average molecular weight is 302 g/mol. The third-order valence-electron chi connectivity index (χ3n) is 4.44. The SMILES string of the molecule is Cc1cc(C)n2nc(C)c(C(=O)NCC3CCCC3O)c2n1. The Bertz CT molecular complexity index is 722. The van der Waals surface area contributed by atoms with Crippen LogP contribution >= 0.6 is 0 Å². The number of hydrogen-bond acceptors (Lipinski definition) is 4. The van der Waals surface area contributed by atoms with E-state index in [-0.39, 0.29) is 17.9 Å². The van der Waals surface area contributed by atoms with E-state index in [9.17, 15) is 9.90 Å². The molecule has 1 fully saturated rings. The fourth-order valence-electron chi connectivity index (χ4n) is 3.26. The number of hydrogen-bond donors (Lipinski definition) is 2. The normalized spacial score (nSPS) is 21.5. The summed E-state index contributed by atoms with van der Waals surface area (Å²) in [4.78, 5) is 17.0. The molecule has 6 nitrogen and oxygen atoms in total. The summed E-state index contributed by atoms with van der Waals surface area (Å²) in [5.74, 6) is -0.00775. The minimum absolute atomic E-state index is 0.155. The van der Waals surface area contributed by atoms with E-state index in [1.165, 1.54) is 0 Å². The molecule has 118 valence electrons. The van der Waals surface area contributed by atoms with Gasteiger partial charge in [0.05, 0.1) is 11.8 Å². The number of aliphatic hydroxyl groups excluding tert-OH is 1. The van der Waals surface area contributed by atoms with E-state index in [0.29, 0.717) is 23.4 Å². The number of aromatic nitrogens is 3. The Hall–Kier alpha value is -1.95. The van der Waals surface area contributed by atoms with Crippen LogP contribution in [0.3, 0.4) is 0 Å². The molecule has 2 unspecified atom stereocenters. The average Bonchev–Trinajstić information content (AvgIpc) is 2.99. The molecule has 2 heterocycles. The van der Waals surface area contributed by atoms with Gasteiger partial charge in [0.2, 0.25) is 0 Å². The summed E-state index contributed by atoms with van der Waals surface area (Å²) in [6, 6.07) is 1.94. The lowest BCUT2D eigenvalue weighted by molar-refractivity contribution is 0.0917. The molecule has 0 aliphatic heterocycles. The summed E-state index contributed by atoms with van der Waals surface area (Å²) in [6.07, 6.45) is 2.52. The zero-order valence-electron chi connectivity index (χ0n) is 13.3. The van der Waals surface area contributed by atoms with E-state index in [4.69, 9.17) is 0 Å². The summed E-state index contributed by atoms with van der Waals surface area (Å²) in [5, 5.41) is 17.2. The van der Waals surface area contributed by atoms with Crippen LogP contribution in [0.1, 0.15) is 46.7 Å². The second-order valence-electron chi connectivity index (χ2n) is 6.20. The first-order valence-corrected chi connectivity index (χ1v) is 7.77. The van der Waals surface area contributed by atoms with Crippen molar-refractivity contribution in [3.05, 3.63) is 28.7 Å². The van der Waals surface area contributed by atoms with Gasteiger partial charge in [-0.05, 0) is 39.7 Å². The van der Waals surface area contributed by atoms with Crippen LogP contribution in [0.4, 0.5) is 0 Å². The van der Waals surface area contributed by atoms with Crippen molar-refractivity contribution in [1.29, 1.82) is 0 Å². The number of carbonyl (C=O) groups excluding carboxylic acids is 1. The lowest BCUT2D eigenvalue weighted by Crippen LogP contribution is -2.32. The maximum atomic E-state index is 12.5. The molecule has 3 rings (SSSR count). The van der Waals surface area contributed by atoms with E-state index >= 15 is 0 Å². The van der Waals surface area contributed by atoms with Crippen molar-refractivity contribution in [2.45, 2.75) is 46.1 Å². The number of nitrogens with one attached hydrogen (secondary N) is 1. The lowest BCUT2D eigenvalue weighted by atomic mass is 10.1. The molecule has 6 heteroatoms. The molecule has 0 radical (unpaired) electrons. The first kappa shape index (κ1) is 15.0. The van der Waals surface area contributed by atoms with Crippen molar-refractivity contribution in [2.75, 3.05) is 6.54 Å². The molecule has 2 aromatic heterocycles. The Kier molecular flexibility index (Phi) is 3.87. The second-order valence-corrected chi connectivity index (χ2v) is 6.20. The third-order valence-corrected chi connectivity index (χ3v) is 4.44. The molecule has 1 amide bonds. The van der Waals surface area contributed by atoms with Gasteiger partial charge in [-0.1, -0.05) is 6.42 Å². The number of amides is 1. The highest BCUT2D eigenvalue weighted by atomic mass is 16.3. The van der Waals surface area contributed by atoms with Gasteiger partial charge in [0.1, 0.15) is 5.56 Å². The van der Waals surface area contributed by atoms with Crippen molar-refractivity contribution < 1.29 is 9.90 Å². The third kappa shape index (κ3) is 2.59. The van der Waals surface area contributed by atoms with Gasteiger partial charge in [0.25, 0.3) is 5.91 Å². The smallest absolute Gasteiger partial charge is 0.257 e. The second kappa shape index (κ2) is 5.68. The largest absolute Gasteiger partial charge is 0.393 e. The monoisotopic (exact) mass is 302 g/mol. The van der Waals surface area contributed by atoms with E-state index in [1.54, 1.807) is 4.52 Å². The highest BCUT2D eigenvalue weighted by Crippen LogP contribution is 2.25. The Morgan fingerprint density at radius 1 is 1.41 bits per heavy atom. The Morgan fingerprint density at radius 3 is 2.86 bits per heavy atom. The van der Waals surface area contributed by atoms with E-state index in [0.717, 1.165) is 30.7 Å². The van der Waals surface area contributed by atoms with Crippen LogP contribution in [-0.2, 0) is 0 Å². The quantitative estimate of drug-likeness (QED) is 0.901. The Morgan fingerprint density at radius 2 is 2.18 bits per heavy atom. The number of carbonyl (C=O) groups is 1. The van der Waals surface area contributed by atoms with Gasteiger partial charge < -0.3 is 10.4 Å². The van der Waals surface area contributed by atoms with Crippen molar-refractivity contribution >= 4 is 11.6 Å². The summed E-state index contributed by atoms with van der Waals surface area (Å²) >= 11 is 0. The van der Waals surface area contributed by atoms with Crippen molar-refractivity contribution in [2.24, 2.45) is 5.92 Å². The first-order chi connectivity index (χ1) is 10.5. The predicted molar refractivity (Wildman–Crippen MR) is 82.9 cm³/mol. The molecule has 2 atom stereocenters. The van der Waals surface area contributed by atoms with E-state index in [2.05, 4.69) is 15.4 Å². The van der Waals surface area contributed by atoms with Crippen LogP contribution in [0.25, 0.3) is 5.65 Å². The van der Waals surface area contributed by atoms with Crippen LogP contribution in [0, 0.1) is 26.7 Å². The molecular weight excluding hydrogens is 280 g/mol. The van der Waals surface area contributed by atoms with Gasteiger partial charge in [-0.25, -0.2) is 9.50 Å². The fourth-order valence-corrected chi connectivity index (χ4v) is 3.26. The van der Waals surface area contributed by atoms with Crippen LogP contribution in [0.15, 0.2) is 6.07 Å². The molecule has 2 N–H and O–H groups in total. The maximum absolute atomic E-state index is 12.5. The number of rotatable bonds is 3. The Balaban J connectivity index is 1.86. The molecule has 0 bridgehead atoms. The molecule has 0 aromatic carbocycles. The highest BCUT2D eigenvalue weighted by Gasteiger charge is 2.26. The van der Waals surface area contributed by atoms with E-state index < -0.39 is 0 Å². The minimum Gasteiger partial charge on any atom is -0.393 e. The molecule has 1 aliphatic carbocycles. The summed E-state index contributed by atoms with van der Waals surface area (Å²) in [5.41, 5.74) is 3.62. The lowest BCUT2D eigenvalue weighted by Gasteiger charge is -2.14. The van der Waals surface area contributed by atoms with Crippen molar-refractivity contribution in [3.63, 3.8) is 0 Å². The summed E-state index contributed by atoms with van der Waals surface area (Å²) in [7, 11) is 0. The van der Waals surface area contributed by atoms with Crippen LogP contribution in [0.5, 0.6) is 0 Å². The van der Waals surface area contributed by atoms with Gasteiger partial charge in [-0.3, -0.25) is 4.79 Å². The fraction of sp³-hybridized carbons (Fsp3) is 0.562. The zero-order valence-corrected chi connectivity index (χ0v) is 13.3. The van der Waals surface area contributed by atoms with Crippen molar-refractivity contribution in [1.82, 2.24) is 19.9 Å². The molecule has 0 spiro atoms. The van der Waals surface area contributed by atoms with Gasteiger partial charge in [-0.2, -0.15) is 5.10 Å². The molecule has 22 heavy (non-hydrogen) atoms. The number of aryl methyl sites for hydroxylation is 3. The highest BCUT2D eigenvalue weighted by molar-refractivity contribution is 6.01. The molecule has 1 saturated carbocycles. The van der Waals surface area contributed by atoms with Gasteiger partial charge in [-0.15, -0.1) is 0 Å². The predicted octanol–water partition coefficient (Wildman–Crippen LogP) is 1.55. The van der Waals surface area contributed by atoms with Crippen molar-refractivity contribution in [3.8, 4) is 0 Å². The Labute approximate surface area is 129 Å². The summed E-state index contributed by atoms with van der Waals surface area (Å²) < 4.78 is 1.71. The maximum Gasteiger partial charge on any atom is 0.257 e. The number of nitrogens with zero attached hydrogens (tertiary/aromatic N) is 3. The number of aliphatic hydroxyl groups is 1. The molecular formula is C16H22N4O2. The first-order valence-electron chi connectivity index (χ1n) is 7.77. The molecule has 1 aliphatic rings.